The molecule has 0 aliphatic heterocycles. The van der Waals surface area contributed by atoms with Gasteiger partial charge in [0.1, 0.15) is 30.0 Å². The molecular formula is C19H20FN5O. The molecule has 26 heavy (non-hydrogen) atoms. The first-order valence-corrected chi connectivity index (χ1v) is 8.46. The number of hydrogen-bond acceptors (Lipinski definition) is 4. The van der Waals surface area contributed by atoms with Gasteiger partial charge >= 0.3 is 0 Å². The number of halogens is 1. The van der Waals surface area contributed by atoms with Crippen molar-refractivity contribution in [3.05, 3.63) is 72.2 Å². The van der Waals surface area contributed by atoms with Gasteiger partial charge in [-0.1, -0.05) is 31.2 Å². The third-order valence-electron chi connectivity index (χ3n) is 4.32. The summed E-state index contributed by atoms with van der Waals surface area (Å²) in [5.74, 6) is -0.00632. The Bertz CT molecular complexity index is 881. The van der Waals surface area contributed by atoms with E-state index in [1.807, 2.05) is 13.8 Å². The van der Waals surface area contributed by atoms with Gasteiger partial charge in [0.15, 0.2) is 0 Å². The van der Waals surface area contributed by atoms with Gasteiger partial charge in [-0.3, -0.25) is 9.36 Å². The van der Waals surface area contributed by atoms with E-state index < -0.39 is 0 Å². The second kappa shape index (κ2) is 7.86. The molecule has 0 aliphatic rings. The van der Waals surface area contributed by atoms with Crippen LogP contribution in [0.2, 0.25) is 0 Å². The van der Waals surface area contributed by atoms with Gasteiger partial charge in [-0.25, -0.2) is 9.37 Å². The van der Waals surface area contributed by atoms with Crippen molar-refractivity contribution in [1.29, 1.82) is 0 Å². The minimum Gasteiger partial charge on any atom is -0.330 e. The molecule has 6 nitrogen and oxygen atoms in total. The molecule has 0 fully saturated rings. The van der Waals surface area contributed by atoms with Crippen molar-refractivity contribution >= 4 is 5.91 Å². The zero-order valence-electron chi connectivity index (χ0n) is 14.7. The van der Waals surface area contributed by atoms with Gasteiger partial charge < -0.3 is 4.90 Å². The molecule has 1 atom stereocenters. The Morgan fingerprint density at radius 3 is 2.58 bits per heavy atom. The summed E-state index contributed by atoms with van der Waals surface area (Å²) < 4.78 is 15.7. The van der Waals surface area contributed by atoms with Crippen molar-refractivity contribution in [3.63, 3.8) is 0 Å². The van der Waals surface area contributed by atoms with E-state index in [2.05, 4.69) is 15.2 Å². The zero-order chi connectivity index (χ0) is 18.5. The highest BCUT2D eigenvalue weighted by molar-refractivity contribution is 5.92. The molecule has 0 aliphatic carbocycles. The van der Waals surface area contributed by atoms with Crippen LogP contribution in [0.5, 0.6) is 0 Å². The molecule has 3 rings (SSSR count). The Morgan fingerprint density at radius 2 is 1.88 bits per heavy atom. The highest BCUT2D eigenvalue weighted by atomic mass is 19.1. The molecule has 3 aromatic rings. The van der Waals surface area contributed by atoms with Gasteiger partial charge in [-0.2, -0.15) is 0 Å². The number of carbonyl (C=O) groups is 1. The van der Waals surface area contributed by atoms with E-state index in [0.717, 1.165) is 6.42 Å². The summed E-state index contributed by atoms with van der Waals surface area (Å²) in [4.78, 5) is 19.1. The first-order valence-electron chi connectivity index (χ1n) is 8.46. The summed E-state index contributed by atoms with van der Waals surface area (Å²) in [6, 6.07) is 11.6. The lowest BCUT2D eigenvalue weighted by Gasteiger charge is -2.28. The van der Waals surface area contributed by atoms with E-state index >= 15 is 0 Å². The van der Waals surface area contributed by atoms with Crippen LogP contribution >= 0.6 is 0 Å². The number of nitrogens with zero attached hydrogens (tertiary/aromatic N) is 5. The predicted octanol–water partition coefficient (Wildman–Crippen LogP) is 3.24. The zero-order valence-corrected chi connectivity index (χ0v) is 14.7. The lowest BCUT2D eigenvalue weighted by Crippen LogP contribution is -2.38. The van der Waals surface area contributed by atoms with Gasteiger partial charge in [-0.05, 0) is 31.5 Å². The molecule has 2 aromatic heterocycles. The Balaban J connectivity index is 1.91. The number of aromatic nitrogens is 4. The number of carbonyl (C=O) groups excluding carboxylic acids is 1. The largest absolute Gasteiger partial charge is 0.330 e. The van der Waals surface area contributed by atoms with Crippen molar-refractivity contribution in [2.45, 2.75) is 32.9 Å². The quantitative estimate of drug-likeness (QED) is 0.682. The summed E-state index contributed by atoms with van der Waals surface area (Å²) >= 11 is 0. The second-order valence-corrected chi connectivity index (χ2v) is 6.03. The van der Waals surface area contributed by atoms with Crippen LogP contribution in [0.4, 0.5) is 4.39 Å². The molecule has 0 N–H and O–H groups in total. The van der Waals surface area contributed by atoms with Crippen LogP contribution in [0.3, 0.4) is 0 Å². The lowest BCUT2D eigenvalue weighted by molar-refractivity contribution is 0.0663. The Labute approximate surface area is 151 Å². The van der Waals surface area contributed by atoms with Crippen molar-refractivity contribution < 1.29 is 9.18 Å². The van der Waals surface area contributed by atoms with Crippen molar-refractivity contribution in [1.82, 2.24) is 24.6 Å². The summed E-state index contributed by atoms with van der Waals surface area (Å²) in [6.07, 6.45) is 3.79. The highest BCUT2D eigenvalue weighted by Crippen LogP contribution is 2.17. The van der Waals surface area contributed by atoms with Gasteiger partial charge in [0.05, 0.1) is 0 Å². The maximum Gasteiger partial charge on any atom is 0.273 e. The van der Waals surface area contributed by atoms with Crippen LogP contribution < -0.4 is 0 Å². The number of benzene rings is 1. The number of pyridine rings is 1. The average molecular weight is 353 g/mol. The minimum absolute atomic E-state index is 0.0533. The van der Waals surface area contributed by atoms with Gasteiger partial charge in [-0.15, -0.1) is 10.2 Å². The van der Waals surface area contributed by atoms with E-state index in [9.17, 15) is 9.18 Å². The maximum absolute atomic E-state index is 14.1. The SMILES string of the molecule is CC[C@@H](C)N(Cc1ccccc1F)C(=O)c1cccc(-n2cnnc2)n1. The molecule has 0 saturated carbocycles. The van der Waals surface area contributed by atoms with Gasteiger partial charge in [0.25, 0.3) is 5.91 Å². The molecule has 0 spiro atoms. The lowest BCUT2D eigenvalue weighted by atomic mass is 10.1. The first kappa shape index (κ1) is 17.7. The standard InChI is InChI=1S/C19H20FN5O/c1-3-14(2)25(11-15-7-4-5-8-16(15)20)19(26)17-9-6-10-18(23-17)24-12-21-22-13-24/h4-10,12-14H,3,11H2,1-2H3/t14-/m1/s1. The first-order chi connectivity index (χ1) is 12.6. The fourth-order valence-electron chi connectivity index (χ4n) is 2.61. The number of hydrogen-bond donors (Lipinski definition) is 0. The summed E-state index contributed by atoms with van der Waals surface area (Å²) in [6.45, 7) is 4.13. The molecule has 2 heterocycles. The van der Waals surface area contributed by atoms with E-state index in [0.29, 0.717) is 17.1 Å². The molecule has 0 saturated heterocycles. The van der Waals surface area contributed by atoms with Crippen LogP contribution in [-0.2, 0) is 6.54 Å². The topological polar surface area (TPSA) is 63.9 Å². The fourth-order valence-corrected chi connectivity index (χ4v) is 2.61. The molecule has 1 aromatic carbocycles. The van der Waals surface area contributed by atoms with Crippen molar-refractivity contribution in [2.75, 3.05) is 0 Å². The highest BCUT2D eigenvalue weighted by Gasteiger charge is 2.23. The van der Waals surface area contributed by atoms with E-state index in [-0.39, 0.29) is 24.3 Å². The molecule has 1 amide bonds. The Hall–Kier alpha value is -3.09. The molecular weight excluding hydrogens is 333 g/mol. The maximum atomic E-state index is 14.1. The molecule has 0 unspecified atom stereocenters. The molecule has 0 bridgehead atoms. The summed E-state index contributed by atoms with van der Waals surface area (Å²) in [5, 5.41) is 7.50. The van der Waals surface area contributed by atoms with E-state index in [4.69, 9.17) is 0 Å². The second-order valence-electron chi connectivity index (χ2n) is 6.03. The van der Waals surface area contributed by atoms with Crippen molar-refractivity contribution in [2.24, 2.45) is 0 Å². The molecule has 7 heteroatoms. The monoisotopic (exact) mass is 353 g/mol. The normalized spacial score (nSPS) is 12.0. The van der Waals surface area contributed by atoms with Gasteiger partial charge in [0, 0.05) is 18.2 Å². The van der Waals surface area contributed by atoms with E-state index in [1.54, 1.807) is 45.9 Å². The molecule has 0 radical (unpaired) electrons. The fraction of sp³-hybridized carbons (Fsp3) is 0.263. The van der Waals surface area contributed by atoms with E-state index in [1.165, 1.54) is 18.7 Å². The third-order valence-corrected chi connectivity index (χ3v) is 4.32. The minimum atomic E-state index is -0.320. The smallest absolute Gasteiger partial charge is 0.273 e. The summed E-state index contributed by atoms with van der Waals surface area (Å²) in [7, 11) is 0. The Morgan fingerprint density at radius 1 is 1.15 bits per heavy atom. The molecule has 134 valence electrons. The van der Waals surface area contributed by atoms with Crippen LogP contribution in [0.15, 0.2) is 55.1 Å². The average Bonchev–Trinajstić information content (AvgIpc) is 3.21. The van der Waals surface area contributed by atoms with Crippen LogP contribution in [0, 0.1) is 5.82 Å². The van der Waals surface area contributed by atoms with Crippen molar-refractivity contribution in [3.8, 4) is 5.82 Å². The predicted molar refractivity (Wildman–Crippen MR) is 95.2 cm³/mol. The van der Waals surface area contributed by atoms with Crippen LogP contribution in [-0.4, -0.2) is 36.6 Å². The number of rotatable bonds is 6. The summed E-state index contributed by atoms with van der Waals surface area (Å²) in [5.41, 5.74) is 0.781. The number of amides is 1. The third kappa shape index (κ3) is 3.77. The van der Waals surface area contributed by atoms with Crippen LogP contribution in [0.1, 0.15) is 36.3 Å². The van der Waals surface area contributed by atoms with Gasteiger partial charge in [0.2, 0.25) is 0 Å². The van der Waals surface area contributed by atoms with Crippen LogP contribution in [0.25, 0.3) is 5.82 Å². The Kier molecular flexibility index (Phi) is 5.36.